The number of likely N-dealkylation sites (tertiary alicyclic amines) is 1. The molecule has 3 rings (SSSR count). The van der Waals surface area contributed by atoms with E-state index in [1.54, 1.807) is 0 Å². The second-order valence-electron chi connectivity index (χ2n) is 6.03. The third-order valence-corrected chi connectivity index (χ3v) is 4.54. The van der Waals surface area contributed by atoms with E-state index in [0.29, 0.717) is 18.9 Å². The molecule has 0 aromatic heterocycles. The Bertz CT molecular complexity index is 699. The van der Waals surface area contributed by atoms with Crippen LogP contribution in [0.25, 0.3) is 0 Å². The Morgan fingerprint density at radius 2 is 1.62 bits per heavy atom. The molecule has 1 aliphatic carbocycles. The second kappa shape index (κ2) is 6.26. The van der Waals surface area contributed by atoms with E-state index in [9.17, 15) is 27.6 Å². The summed E-state index contributed by atoms with van der Waals surface area (Å²) in [7, 11) is 0. The number of amides is 3. The molecule has 0 spiro atoms. The molecule has 3 amide bonds. The molecule has 1 saturated heterocycles. The van der Waals surface area contributed by atoms with Gasteiger partial charge in [0.2, 0.25) is 17.7 Å². The van der Waals surface area contributed by atoms with Gasteiger partial charge in [-0.2, -0.15) is 0 Å². The normalized spacial score (nSPS) is 23.4. The molecule has 0 unspecified atom stereocenters. The maximum absolute atomic E-state index is 13.6. The fourth-order valence-corrected chi connectivity index (χ4v) is 3.34. The van der Waals surface area contributed by atoms with Crippen LogP contribution < -0.4 is 5.32 Å². The molecular weight excluding hydrogens is 325 g/mol. The Morgan fingerprint density at radius 3 is 2.21 bits per heavy atom. The summed E-state index contributed by atoms with van der Waals surface area (Å²) in [6, 6.07) is 1.55. The van der Waals surface area contributed by atoms with Crippen molar-refractivity contribution in [1.82, 2.24) is 4.90 Å². The number of nitrogens with zero attached hydrogens (tertiary/aromatic N) is 1. The van der Waals surface area contributed by atoms with E-state index in [1.807, 2.05) is 0 Å². The molecule has 24 heavy (non-hydrogen) atoms. The first-order valence-electron chi connectivity index (χ1n) is 7.68. The van der Waals surface area contributed by atoms with Crippen molar-refractivity contribution in [1.29, 1.82) is 0 Å². The molecule has 0 bridgehead atoms. The van der Waals surface area contributed by atoms with Gasteiger partial charge in [-0.25, -0.2) is 13.2 Å². The molecule has 2 atom stereocenters. The van der Waals surface area contributed by atoms with E-state index < -0.39 is 47.4 Å². The summed E-state index contributed by atoms with van der Waals surface area (Å²) in [6.07, 6.45) is 2.96. The van der Waals surface area contributed by atoms with Gasteiger partial charge in [0.15, 0.2) is 17.5 Å². The topological polar surface area (TPSA) is 66.5 Å². The van der Waals surface area contributed by atoms with Crippen molar-refractivity contribution in [2.75, 3.05) is 11.9 Å². The van der Waals surface area contributed by atoms with Crippen LogP contribution in [0.5, 0.6) is 0 Å². The largest absolute Gasteiger partial charge is 0.322 e. The number of carbonyl (C=O) groups excluding carboxylic acids is 3. The lowest BCUT2D eigenvalue weighted by atomic mass is 9.81. The molecule has 128 valence electrons. The van der Waals surface area contributed by atoms with Gasteiger partial charge in [-0.15, -0.1) is 0 Å². The van der Waals surface area contributed by atoms with Crippen molar-refractivity contribution in [3.8, 4) is 0 Å². The minimum atomic E-state index is -1.70. The van der Waals surface area contributed by atoms with Crippen LogP contribution in [0.1, 0.15) is 25.7 Å². The van der Waals surface area contributed by atoms with Crippen molar-refractivity contribution in [2.45, 2.75) is 25.7 Å². The minimum absolute atomic E-state index is 0.390. The molecule has 0 radical (unpaired) electrons. The molecule has 1 saturated carbocycles. The Morgan fingerprint density at radius 1 is 1.04 bits per heavy atom. The van der Waals surface area contributed by atoms with Crippen molar-refractivity contribution < 1.29 is 27.6 Å². The van der Waals surface area contributed by atoms with Crippen LogP contribution in [-0.4, -0.2) is 29.2 Å². The molecule has 1 N–H and O–H groups in total. The molecule has 1 aliphatic heterocycles. The van der Waals surface area contributed by atoms with Crippen LogP contribution in [0.2, 0.25) is 0 Å². The molecule has 2 fully saturated rings. The van der Waals surface area contributed by atoms with Gasteiger partial charge in [0.05, 0.1) is 17.5 Å². The Kier molecular flexibility index (Phi) is 4.29. The molecule has 5 nitrogen and oxygen atoms in total. The first-order chi connectivity index (χ1) is 11.4. The second-order valence-corrected chi connectivity index (χ2v) is 6.03. The lowest BCUT2D eigenvalue weighted by molar-refractivity contribution is -0.142. The zero-order valence-electron chi connectivity index (χ0n) is 12.7. The summed E-state index contributed by atoms with van der Waals surface area (Å²) < 4.78 is 39.6. The summed E-state index contributed by atoms with van der Waals surface area (Å²) >= 11 is 0. The fourth-order valence-electron chi connectivity index (χ4n) is 3.34. The highest BCUT2D eigenvalue weighted by Gasteiger charge is 2.48. The fraction of sp³-hybridized carbons (Fsp3) is 0.438. The number of nitrogens with one attached hydrogen (secondary N) is 1. The number of imide groups is 1. The van der Waals surface area contributed by atoms with Gasteiger partial charge in [-0.3, -0.25) is 19.3 Å². The van der Waals surface area contributed by atoms with E-state index in [-0.39, 0.29) is 11.8 Å². The SMILES string of the molecule is O=C(CN1C(=O)[C@H]2CCCC[C@H]2C1=O)Nc1ccc(F)c(F)c1F. The van der Waals surface area contributed by atoms with Crippen LogP contribution in [0, 0.1) is 29.3 Å². The predicted molar refractivity (Wildman–Crippen MR) is 77.1 cm³/mol. The monoisotopic (exact) mass is 340 g/mol. The lowest BCUT2D eigenvalue weighted by Gasteiger charge is -2.19. The molecule has 8 heteroatoms. The average Bonchev–Trinajstić information content (AvgIpc) is 2.81. The van der Waals surface area contributed by atoms with E-state index in [4.69, 9.17) is 0 Å². The van der Waals surface area contributed by atoms with Gasteiger partial charge in [0.25, 0.3) is 0 Å². The molecular formula is C16H15F3N2O3. The summed E-state index contributed by atoms with van der Waals surface area (Å²) in [5.74, 6) is -7.03. The van der Waals surface area contributed by atoms with E-state index in [0.717, 1.165) is 23.8 Å². The zero-order valence-corrected chi connectivity index (χ0v) is 12.7. The summed E-state index contributed by atoms with van der Waals surface area (Å²) in [5.41, 5.74) is -0.546. The average molecular weight is 340 g/mol. The number of halogens is 3. The number of hydrogen-bond donors (Lipinski definition) is 1. The number of carbonyl (C=O) groups is 3. The van der Waals surface area contributed by atoms with Crippen molar-refractivity contribution in [3.05, 3.63) is 29.6 Å². The van der Waals surface area contributed by atoms with E-state index in [2.05, 4.69) is 5.32 Å². The predicted octanol–water partition coefficient (Wildman–Crippen LogP) is 2.22. The maximum Gasteiger partial charge on any atom is 0.244 e. The third kappa shape index (κ3) is 2.76. The Hall–Kier alpha value is -2.38. The van der Waals surface area contributed by atoms with Crippen molar-refractivity contribution in [3.63, 3.8) is 0 Å². The van der Waals surface area contributed by atoms with E-state index >= 15 is 0 Å². The number of rotatable bonds is 3. The number of hydrogen-bond acceptors (Lipinski definition) is 3. The summed E-state index contributed by atoms with van der Waals surface area (Å²) in [5, 5.41) is 2.06. The van der Waals surface area contributed by atoms with Crippen LogP contribution in [0.15, 0.2) is 12.1 Å². The molecule has 2 aliphatic rings. The van der Waals surface area contributed by atoms with Gasteiger partial charge in [0, 0.05) is 0 Å². The highest BCUT2D eigenvalue weighted by atomic mass is 19.2. The molecule has 1 aromatic carbocycles. The van der Waals surface area contributed by atoms with Crippen molar-refractivity contribution >= 4 is 23.4 Å². The van der Waals surface area contributed by atoms with Gasteiger partial charge in [-0.1, -0.05) is 12.8 Å². The quantitative estimate of drug-likeness (QED) is 0.678. The highest BCUT2D eigenvalue weighted by Crippen LogP contribution is 2.37. The first kappa shape index (κ1) is 16.5. The molecule has 1 heterocycles. The third-order valence-electron chi connectivity index (χ3n) is 4.54. The Labute approximate surface area is 135 Å². The standard InChI is InChI=1S/C16H15F3N2O3/c17-10-5-6-11(14(19)13(10)18)20-12(22)7-21-15(23)8-3-1-2-4-9(8)16(21)24/h5-6,8-9H,1-4,7H2,(H,20,22)/t8-,9+. The summed E-state index contributed by atoms with van der Waals surface area (Å²) in [6.45, 7) is -0.566. The Balaban J connectivity index is 1.70. The van der Waals surface area contributed by atoms with E-state index in [1.165, 1.54) is 0 Å². The smallest absolute Gasteiger partial charge is 0.244 e. The zero-order chi connectivity index (χ0) is 17.4. The van der Waals surface area contributed by atoms with Crippen LogP contribution in [-0.2, 0) is 14.4 Å². The van der Waals surface area contributed by atoms with Crippen molar-refractivity contribution in [2.24, 2.45) is 11.8 Å². The maximum atomic E-state index is 13.6. The lowest BCUT2D eigenvalue weighted by Crippen LogP contribution is -2.38. The number of fused-ring (bicyclic) bond motifs is 1. The minimum Gasteiger partial charge on any atom is -0.322 e. The highest BCUT2D eigenvalue weighted by molar-refractivity contribution is 6.08. The van der Waals surface area contributed by atoms with Gasteiger partial charge in [-0.05, 0) is 25.0 Å². The van der Waals surface area contributed by atoms with Gasteiger partial charge < -0.3 is 5.32 Å². The van der Waals surface area contributed by atoms with Gasteiger partial charge >= 0.3 is 0 Å². The van der Waals surface area contributed by atoms with Crippen LogP contribution in [0.3, 0.4) is 0 Å². The van der Waals surface area contributed by atoms with Gasteiger partial charge in [0.1, 0.15) is 6.54 Å². The first-order valence-corrected chi connectivity index (χ1v) is 7.68. The molecule has 1 aromatic rings. The summed E-state index contributed by atoms with van der Waals surface area (Å²) in [4.78, 5) is 37.3. The van der Waals surface area contributed by atoms with Crippen LogP contribution >= 0.6 is 0 Å². The number of benzene rings is 1. The van der Waals surface area contributed by atoms with Crippen LogP contribution in [0.4, 0.5) is 18.9 Å². The number of anilines is 1.